The highest BCUT2D eigenvalue weighted by molar-refractivity contribution is 5.92. The first-order valence-electron chi connectivity index (χ1n) is 11.6. The highest BCUT2D eigenvalue weighted by Gasteiger charge is 2.28. The Labute approximate surface area is 190 Å². The summed E-state index contributed by atoms with van der Waals surface area (Å²) in [6.07, 6.45) is 9.13. The Bertz CT molecular complexity index is 1070. The number of hydrogen-bond donors (Lipinski definition) is 0. The summed E-state index contributed by atoms with van der Waals surface area (Å²) >= 11 is 0. The molecule has 3 aromatic rings. The molecular weight excluding hydrogens is 399 g/mol. The van der Waals surface area contributed by atoms with E-state index in [0.717, 1.165) is 60.2 Å². The lowest BCUT2D eigenvalue weighted by Crippen LogP contribution is -2.37. The monoisotopic (exact) mass is 430 g/mol. The van der Waals surface area contributed by atoms with E-state index in [1.54, 1.807) is 6.08 Å². The van der Waals surface area contributed by atoms with Crippen LogP contribution in [0.5, 0.6) is 0 Å². The minimum absolute atomic E-state index is 0.237. The summed E-state index contributed by atoms with van der Waals surface area (Å²) in [6, 6.07) is 17.1. The van der Waals surface area contributed by atoms with Crippen LogP contribution < -0.4 is 5.01 Å². The third kappa shape index (κ3) is 4.40. The van der Waals surface area contributed by atoms with Crippen LogP contribution in [0.2, 0.25) is 0 Å². The van der Waals surface area contributed by atoms with Gasteiger partial charge in [-0.05, 0) is 48.6 Å². The van der Waals surface area contributed by atoms with Gasteiger partial charge in [0.25, 0.3) is 0 Å². The number of carbonyl (C=O) groups is 1. The minimum atomic E-state index is -0.254. The summed E-state index contributed by atoms with van der Waals surface area (Å²) in [6.45, 7) is 6.39. The first-order valence-corrected chi connectivity index (χ1v) is 11.6. The molecule has 0 spiro atoms. The number of hydrogen-bond acceptors (Lipinski definition) is 2. The Kier molecular flexibility index (Phi) is 6.89. The molecule has 3 nitrogen and oxygen atoms in total. The van der Waals surface area contributed by atoms with Crippen molar-refractivity contribution in [3.05, 3.63) is 77.7 Å². The molecule has 0 radical (unpaired) electrons. The van der Waals surface area contributed by atoms with Crippen LogP contribution in [-0.2, 0) is 4.79 Å². The number of allylic oxidation sites excluding steroid dienone is 1. The highest BCUT2D eigenvalue weighted by atomic mass is 19.1. The van der Waals surface area contributed by atoms with Crippen LogP contribution in [0.3, 0.4) is 0 Å². The lowest BCUT2D eigenvalue weighted by Gasteiger charge is -2.30. The number of rotatable bonds is 6. The summed E-state index contributed by atoms with van der Waals surface area (Å²) in [5, 5.41) is 2.47. The van der Waals surface area contributed by atoms with E-state index in [4.69, 9.17) is 0 Å². The van der Waals surface area contributed by atoms with Crippen molar-refractivity contribution < 1.29 is 9.18 Å². The fourth-order valence-corrected chi connectivity index (χ4v) is 4.78. The molecule has 1 aliphatic heterocycles. The number of halogens is 1. The Morgan fingerprint density at radius 3 is 2.12 bits per heavy atom. The van der Waals surface area contributed by atoms with Crippen LogP contribution in [0.15, 0.2) is 60.7 Å². The van der Waals surface area contributed by atoms with E-state index in [2.05, 4.69) is 47.8 Å². The third-order valence-electron chi connectivity index (χ3n) is 6.16. The predicted molar refractivity (Wildman–Crippen MR) is 131 cm³/mol. The van der Waals surface area contributed by atoms with Crippen LogP contribution in [0.4, 0.5) is 4.39 Å². The van der Waals surface area contributed by atoms with Crippen LogP contribution >= 0.6 is 0 Å². The topological polar surface area (TPSA) is 25.2 Å². The molecule has 1 aromatic heterocycles. The zero-order chi connectivity index (χ0) is 22.5. The zero-order valence-corrected chi connectivity index (χ0v) is 18.9. The molecule has 0 N–H and O–H groups in total. The molecule has 0 saturated carbocycles. The molecule has 1 saturated heterocycles. The molecule has 4 rings (SSSR count). The Morgan fingerprint density at radius 1 is 0.875 bits per heavy atom. The Balaban J connectivity index is 2.10. The summed E-state index contributed by atoms with van der Waals surface area (Å²) in [4.78, 5) is 11.3. The fourth-order valence-electron chi connectivity index (χ4n) is 4.78. The molecule has 166 valence electrons. The molecule has 1 aliphatic rings. The first-order chi connectivity index (χ1) is 15.6. The van der Waals surface area contributed by atoms with Gasteiger partial charge in [0.05, 0.1) is 11.4 Å². The van der Waals surface area contributed by atoms with Gasteiger partial charge in [-0.3, -0.25) is 9.47 Å². The number of nitrogens with zero attached hydrogens (tertiary/aromatic N) is 2. The zero-order valence-electron chi connectivity index (χ0n) is 18.9. The molecule has 4 heteroatoms. The van der Waals surface area contributed by atoms with Gasteiger partial charge in [-0.25, -0.2) is 4.39 Å². The van der Waals surface area contributed by atoms with Crippen molar-refractivity contribution in [1.29, 1.82) is 0 Å². The number of aromatic nitrogens is 1. The molecule has 2 heterocycles. The molecule has 0 amide bonds. The average molecular weight is 431 g/mol. The maximum Gasteiger partial charge on any atom is 0.142 e. The van der Waals surface area contributed by atoms with Gasteiger partial charge in [-0.2, -0.15) is 0 Å². The van der Waals surface area contributed by atoms with Crippen LogP contribution in [0.25, 0.3) is 28.5 Å². The number of benzene rings is 2. The molecule has 0 unspecified atom stereocenters. The van der Waals surface area contributed by atoms with Gasteiger partial charge in [0.15, 0.2) is 0 Å². The van der Waals surface area contributed by atoms with E-state index in [1.807, 2.05) is 24.3 Å². The van der Waals surface area contributed by atoms with Gasteiger partial charge in [-0.15, -0.1) is 0 Å². The van der Waals surface area contributed by atoms with Crippen molar-refractivity contribution in [2.75, 3.05) is 18.1 Å². The predicted octanol–water partition coefficient (Wildman–Crippen LogP) is 6.81. The van der Waals surface area contributed by atoms with Crippen molar-refractivity contribution in [2.45, 2.75) is 45.4 Å². The van der Waals surface area contributed by atoms with E-state index >= 15 is 0 Å². The smallest absolute Gasteiger partial charge is 0.142 e. The number of aldehydes is 1. The summed E-state index contributed by atoms with van der Waals surface area (Å²) in [7, 11) is 0. The first kappa shape index (κ1) is 22.1. The van der Waals surface area contributed by atoms with Crippen molar-refractivity contribution in [3.8, 4) is 22.4 Å². The molecule has 2 aromatic carbocycles. The van der Waals surface area contributed by atoms with E-state index in [0.29, 0.717) is 0 Å². The highest BCUT2D eigenvalue weighted by Crippen LogP contribution is 2.43. The molecule has 0 bridgehead atoms. The van der Waals surface area contributed by atoms with Gasteiger partial charge < -0.3 is 5.01 Å². The molecule has 32 heavy (non-hydrogen) atoms. The summed E-state index contributed by atoms with van der Waals surface area (Å²) in [5.74, 6) is -0.0164. The molecule has 1 fully saturated rings. The van der Waals surface area contributed by atoms with E-state index in [-0.39, 0.29) is 11.7 Å². The van der Waals surface area contributed by atoms with Gasteiger partial charge in [0, 0.05) is 29.8 Å². The molecule has 0 atom stereocenters. The maximum absolute atomic E-state index is 13.8. The van der Waals surface area contributed by atoms with Crippen LogP contribution in [0, 0.1) is 5.82 Å². The van der Waals surface area contributed by atoms with Gasteiger partial charge in [-0.1, -0.05) is 69.2 Å². The number of carbonyl (C=O) groups excluding carboxylic acids is 1. The second kappa shape index (κ2) is 9.99. The van der Waals surface area contributed by atoms with E-state index in [1.165, 1.54) is 30.7 Å². The second-order valence-corrected chi connectivity index (χ2v) is 8.73. The quantitative estimate of drug-likeness (QED) is 0.317. The summed E-state index contributed by atoms with van der Waals surface area (Å²) in [5.41, 5.74) is 6.43. The van der Waals surface area contributed by atoms with Crippen molar-refractivity contribution in [3.63, 3.8) is 0 Å². The van der Waals surface area contributed by atoms with E-state index in [9.17, 15) is 9.18 Å². The summed E-state index contributed by atoms with van der Waals surface area (Å²) < 4.78 is 16.2. The minimum Gasteiger partial charge on any atom is -0.312 e. The average Bonchev–Trinajstić information content (AvgIpc) is 2.94. The van der Waals surface area contributed by atoms with Crippen LogP contribution in [-0.4, -0.2) is 24.1 Å². The van der Waals surface area contributed by atoms with E-state index < -0.39 is 0 Å². The fraction of sp³-hybridized carbons (Fsp3) is 0.321. The molecule has 0 aliphatic carbocycles. The largest absolute Gasteiger partial charge is 0.312 e. The van der Waals surface area contributed by atoms with Crippen molar-refractivity contribution in [2.24, 2.45) is 0 Å². The Morgan fingerprint density at radius 2 is 1.53 bits per heavy atom. The van der Waals surface area contributed by atoms with Gasteiger partial charge in [0.2, 0.25) is 0 Å². The standard InChI is InChI=1S/C28H31FN2O/c1-21(2)27-25(13-10-20-32)26(22-14-16-24(29)17-15-22)28(23-11-6-5-7-12-23)31(27)30-18-8-3-4-9-19-30/h5-7,10-17,20-21H,3-4,8-9,18-19H2,1-2H3/b13-10+. The molecular formula is C28H31FN2O. The van der Waals surface area contributed by atoms with Crippen LogP contribution in [0.1, 0.15) is 56.7 Å². The van der Waals surface area contributed by atoms with Crippen molar-refractivity contribution >= 4 is 12.4 Å². The SMILES string of the molecule is CC(C)c1c(/C=C/C=O)c(-c2ccc(F)cc2)c(-c2ccccc2)n1N1CCCCCC1. The third-order valence-corrected chi connectivity index (χ3v) is 6.16. The van der Waals surface area contributed by atoms with Gasteiger partial charge >= 0.3 is 0 Å². The van der Waals surface area contributed by atoms with Crippen molar-refractivity contribution in [1.82, 2.24) is 4.68 Å². The van der Waals surface area contributed by atoms with Gasteiger partial charge in [0.1, 0.15) is 12.1 Å². The normalized spacial score (nSPS) is 14.8. The lowest BCUT2D eigenvalue weighted by molar-refractivity contribution is -0.104. The lowest BCUT2D eigenvalue weighted by atomic mass is 9.94. The second-order valence-electron chi connectivity index (χ2n) is 8.73. The maximum atomic E-state index is 13.8. The Hall–Kier alpha value is -3.14.